The van der Waals surface area contributed by atoms with E-state index in [9.17, 15) is 17.2 Å². The topological polar surface area (TPSA) is 84.0 Å². The molecular weight excluding hydrogens is 362 g/mol. The van der Waals surface area contributed by atoms with E-state index < -0.39 is 26.6 Å². The van der Waals surface area contributed by atoms with Crippen LogP contribution in [0.2, 0.25) is 0 Å². The fraction of sp³-hybridized carbons (Fsp3) is 0.412. The zero-order valence-electron chi connectivity index (χ0n) is 14.3. The first-order valence-corrected chi connectivity index (χ1v) is 9.87. The van der Waals surface area contributed by atoms with Gasteiger partial charge in [0.25, 0.3) is 0 Å². The highest BCUT2D eigenvalue weighted by atomic mass is 32.2. The summed E-state index contributed by atoms with van der Waals surface area (Å²) >= 11 is 0. The third-order valence-electron chi connectivity index (χ3n) is 4.25. The molecule has 0 radical (unpaired) electrons. The lowest BCUT2D eigenvalue weighted by molar-refractivity contribution is 0.401. The Kier molecular flexibility index (Phi) is 5.47. The molecule has 1 aliphatic rings. The number of rotatable bonds is 7. The molecule has 0 unspecified atom stereocenters. The van der Waals surface area contributed by atoms with Crippen molar-refractivity contribution < 1.29 is 17.2 Å². The van der Waals surface area contributed by atoms with Crippen molar-refractivity contribution in [2.75, 3.05) is 18.4 Å². The minimum atomic E-state index is -4.05. The number of anilines is 1. The number of sulfonamides is 1. The van der Waals surface area contributed by atoms with Gasteiger partial charge in [-0.05, 0) is 31.9 Å². The molecule has 2 N–H and O–H groups in total. The van der Waals surface area contributed by atoms with Crippen molar-refractivity contribution in [3.05, 3.63) is 47.4 Å². The minimum absolute atomic E-state index is 0.0287. The number of aryl methyl sites for hydroxylation is 1. The largest absolute Gasteiger partial charge is 0.369 e. The van der Waals surface area contributed by atoms with Crippen LogP contribution < -0.4 is 10.0 Å². The molecule has 140 valence electrons. The molecule has 3 rings (SSSR count). The van der Waals surface area contributed by atoms with Gasteiger partial charge in [-0.3, -0.25) is 0 Å². The van der Waals surface area contributed by atoms with E-state index >= 15 is 0 Å². The van der Waals surface area contributed by atoms with Gasteiger partial charge in [0.15, 0.2) is 0 Å². The van der Waals surface area contributed by atoms with Gasteiger partial charge in [0.05, 0.1) is 0 Å². The molecule has 0 aliphatic heterocycles. The second-order valence-corrected chi connectivity index (χ2v) is 8.02. The molecule has 1 aromatic carbocycles. The summed E-state index contributed by atoms with van der Waals surface area (Å²) in [5, 5.41) is 3.04. The Labute approximate surface area is 151 Å². The summed E-state index contributed by atoms with van der Waals surface area (Å²) < 4.78 is 53.0. The number of hydrogen-bond acceptors (Lipinski definition) is 5. The van der Waals surface area contributed by atoms with Crippen LogP contribution in [0.15, 0.2) is 29.2 Å². The molecule has 1 saturated carbocycles. The van der Waals surface area contributed by atoms with Crippen molar-refractivity contribution >= 4 is 15.8 Å². The lowest BCUT2D eigenvalue weighted by Gasteiger charge is -2.24. The molecule has 0 spiro atoms. The van der Waals surface area contributed by atoms with Gasteiger partial charge < -0.3 is 5.32 Å². The number of hydrogen-bond donors (Lipinski definition) is 2. The Morgan fingerprint density at radius 1 is 1.15 bits per heavy atom. The number of halogens is 2. The van der Waals surface area contributed by atoms with Crippen LogP contribution in [0.25, 0.3) is 0 Å². The Morgan fingerprint density at radius 3 is 2.58 bits per heavy atom. The second kappa shape index (κ2) is 7.63. The fourth-order valence-electron chi connectivity index (χ4n) is 2.68. The first kappa shape index (κ1) is 18.7. The van der Waals surface area contributed by atoms with Gasteiger partial charge in [-0.2, -0.15) is 0 Å². The first-order chi connectivity index (χ1) is 12.3. The Hall–Kier alpha value is -2.13. The second-order valence-electron chi connectivity index (χ2n) is 6.28. The fourth-order valence-corrected chi connectivity index (χ4v) is 3.77. The highest BCUT2D eigenvalue weighted by molar-refractivity contribution is 7.89. The molecule has 6 nitrogen and oxygen atoms in total. The van der Waals surface area contributed by atoms with Crippen LogP contribution in [0.3, 0.4) is 0 Å². The highest BCUT2D eigenvalue weighted by Gasteiger charge is 2.23. The average molecular weight is 382 g/mol. The van der Waals surface area contributed by atoms with E-state index in [0.717, 1.165) is 36.5 Å². The predicted octanol–water partition coefficient (Wildman–Crippen LogP) is 2.72. The number of nitrogens with zero attached hydrogens (tertiary/aromatic N) is 2. The maximum Gasteiger partial charge on any atom is 0.243 e. The van der Waals surface area contributed by atoms with E-state index in [1.165, 1.54) is 6.42 Å². The molecule has 0 atom stereocenters. The minimum Gasteiger partial charge on any atom is -0.369 e. The van der Waals surface area contributed by atoms with Crippen molar-refractivity contribution in [3.63, 3.8) is 0 Å². The monoisotopic (exact) mass is 382 g/mol. The lowest BCUT2D eigenvalue weighted by Crippen LogP contribution is -2.29. The van der Waals surface area contributed by atoms with Crippen LogP contribution in [0.4, 0.5) is 14.6 Å². The third-order valence-corrected chi connectivity index (χ3v) is 5.74. The van der Waals surface area contributed by atoms with Crippen LogP contribution in [0, 0.1) is 18.6 Å². The summed E-state index contributed by atoms with van der Waals surface area (Å²) in [5.41, 5.74) is 0.846. The van der Waals surface area contributed by atoms with E-state index in [-0.39, 0.29) is 13.1 Å². The van der Waals surface area contributed by atoms with Crippen LogP contribution >= 0.6 is 0 Å². The van der Waals surface area contributed by atoms with Gasteiger partial charge in [0.1, 0.15) is 28.2 Å². The first-order valence-electron chi connectivity index (χ1n) is 8.39. The van der Waals surface area contributed by atoms with Crippen molar-refractivity contribution in [1.82, 2.24) is 14.7 Å². The van der Waals surface area contributed by atoms with E-state index in [1.807, 2.05) is 6.92 Å². The van der Waals surface area contributed by atoms with Gasteiger partial charge in [-0.1, -0.05) is 6.42 Å². The summed E-state index contributed by atoms with van der Waals surface area (Å²) in [5.74, 6) is -0.110. The summed E-state index contributed by atoms with van der Waals surface area (Å²) in [7, 11) is -4.05. The smallest absolute Gasteiger partial charge is 0.243 e. The lowest BCUT2D eigenvalue weighted by atomic mass is 9.85. The molecule has 0 bridgehead atoms. The Morgan fingerprint density at radius 2 is 1.92 bits per heavy atom. The normalized spacial score (nSPS) is 14.9. The van der Waals surface area contributed by atoms with Crippen molar-refractivity contribution in [2.24, 2.45) is 0 Å². The standard InChI is InChI=1S/C17H20F2N4O2S/c1-11-9-16(23-17(22-11)12-3-2-4-12)20-7-8-21-26(24,25)15-6-5-13(18)10-14(15)19/h5-6,9-10,12,21H,2-4,7-8H2,1H3,(H,20,22,23). The summed E-state index contributed by atoms with van der Waals surface area (Å²) in [6.45, 7) is 2.18. The molecule has 1 fully saturated rings. The zero-order chi connectivity index (χ0) is 18.7. The van der Waals surface area contributed by atoms with E-state index in [4.69, 9.17) is 0 Å². The van der Waals surface area contributed by atoms with Crippen LogP contribution in [0.1, 0.15) is 36.7 Å². The highest BCUT2D eigenvalue weighted by Crippen LogP contribution is 2.34. The molecule has 2 aromatic rings. The van der Waals surface area contributed by atoms with Crippen LogP contribution in [-0.2, 0) is 10.0 Å². The summed E-state index contributed by atoms with van der Waals surface area (Å²) in [6.07, 6.45) is 3.37. The van der Waals surface area contributed by atoms with Gasteiger partial charge >= 0.3 is 0 Å². The van der Waals surface area contributed by atoms with Gasteiger partial charge in [-0.25, -0.2) is 31.9 Å². The van der Waals surface area contributed by atoms with Crippen molar-refractivity contribution in [3.8, 4) is 0 Å². The number of nitrogens with one attached hydrogen (secondary N) is 2. The van der Waals surface area contributed by atoms with Gasteiger partial charge in [-0.15, -0.1) is 0 Å². The Bertz CT molecular complexity index is 902. The maximum absolute atomic E-state index is 13.6. The van der Waals surface area contributed by atoms with E-state index in [2.05, 4.69) is 20.0 Å². The molecule has 0 amide bonds. The third kappa shape index (κ3) is 4.34. The van der Waals surface area contributed by atoms with Crippen molar-refractivity contribution in [2.45, 2.75) is 37.0 Å². The summed E-state index contributed by atoms with van der Waals surface area (Å²) in [6, 6.07) is 4.13. The average Bonchev–Trinajstić information content (AvgIpc) is 2.49. The quantitative estimate of drug-likeness (QED) is 0.720. The molecule has 0 saturated heterocycles. The molecule has 1 heterocycles. The van der Waals surface area contributed by atoms with E-state index in [0.29, 0.717) is 17.8 Å². The molecule has 26 heavy (non-hydrogen) atoms. The van der Waals surface area contributed by atoms with Crippen LogP contribution in [0.5, 0.6) is 0 Å². The van der Waals surface area contributed by atoms with Crippen LogP contribution in [-0.4, -0.2) is 31.5 Å². The summed E-state index contributed by atoms with van der Waals surface area (Å²) in [4.78, 5) is 8.34. The molecular formula is C17H20F2N4O2S. The molecule has 1 aromatic heterocycles. The predicted molar refractivity (Wildman–Crippen MR) is 93.4 cm³/mol. The molecule has 9 heteroatoms. The Balaban J connectivity index is 1.57. The SMILES string of the molecule is Cc1cc(NCCNS(=O)(=O)c2ccc(F)cc2F)nc(C2CCC2)n1. The van der Waals surface area contributed by atoms with E-state index in [1.54, 1.807) is 6.07 Å². The number of benzene rings is 1. The van der Waals surface area contributed by atoms with Crippen molar-refractivity contribution in [1.29, 1.82) is 0 Å². The molecule has 1 aliphatic carbocycles. The zero-order valence-corrected chi connectivity index (χ0v) is 15.1. The maximum atomic E-state index is 13.6. The van der Waals surface area contributed by atoms with Gasteiger partial charge in [0, 0.05) is 36.8 Å². The number of aromatic nitrogens is 2. The van der Waals surface area contributed by atoms with Gasteiger partial charge in [0.2, 0.25) is 10.0 Å².